The van der Waals surface area contributed by atoms with Gasteiger partial charge in [-0.05, 0) is 73.7 Å². The number of amides is 2. The van der Waals surface area contributed by atoms with Gasteiger partial charge in [-0.1, -0.05) is 84.4 Å². The number of phenols is 1. The smallest absolute Gasteiger partial charge is 0.412 e. The number of hydrogen-bond donors (Lipinski definition) is 4. The molecule has 0 aliphatic heterocycles. The lowest BCUT2D eigenvalue weighted by atomic mass is 9.94. The van der Waals surface area contributed by atoms with Crippen LogP contribution >= 0.6 is 0 Å². The number of benzene rings is 5. The molecule has 2 atom stereocenters. The van der Waals surface area contributed by atoms with Crippen LogP contribution in [0.4, 0.5) is 21.9 Å². The number of ether oxygens (including phenoxy) is 2. The Kier molecular flexibility index (Phi) is 9.97. The zero-order valence-corrected chi connectivity index (χ0v) is 24.9. The number of carbonyl (C=O) groups excluding carboxylic acids is 2. The van der Waals surface area contributed by atoms with Gasteiger partial charge < -0.3 is 25.6 Å². The van der Waals surface area contributed by atoms with Crippen LogP contribution < -0.4 is 21.1 Å². The Balaban J connectivity index is 1.43. The third-order valence-electron chi connectivity index (χ3n) is 7.25. The quantitative estimate of drug-likeness (QED) is 0.0895. The Bertz CT molecular complexity index is 1790. The Morgan fingerprint density at radius 3 is 2.27 bits per heavy atom. The van der Waals surface area contributed by atoms with E-state index in [1.54, 1.807) is 54.6 Å². The first-order chi connectivity index (χ1) is 21.9. The average Bonchev–Trinajstić information content (AvgIpc) is 3.05. The maximum absolute atomic E-state index is 13.3. The molecule has 0 saturated carbocycles. The Labute approximate surface area is 262 Å². The minimum absolute atomic E-state index is 0.116. The Morgan fingerprint density at radius 1 is 0.822 bits per heavy atom. The summed E-state index contributed by atoms with van der Waals surface area (Å²) in [5.74, 6) is 0.397. The number of nitrogens with two attached hydrogens (primary N) is 1. The third kappa shape index (κ3) is 8.20. The van der Waals surface area contributed by atoms with E-state index in [4.69, 9.17) is 15.2 Å². The molecular weight excluding hydrogens is 566 g/mol. The summed E-state index contributed by atoms with van der Waals surface area (Å²) in [5, 5.41) is 17.5. The van der Waals surface area contributed by atoms with Crippen molar-refractivity contribution in [2.75, 3.05) is 16.4 Å². The number of nitrogen functional groups attached to an aromatic ring is 1. The van der Waals surface area contributed by atoms with E-state index >= 15 is 0 Å². The predicted molar refractivity (Wildman–Crippen MR) is 178 cm³/mol. The fourth-order valence-electron chi connectivity index (χ4n) is 4.98. The molecular formula is C37H35N3O5. The summed E-state index contributed by atoms with van der Waals surface area (Å²) in [6, 6.07) is 34.4. The summed E-state index contributed by atoms with van der Waals surface area (Å²) in [6.07, 6.45) is 1.82. The highest BCUT2D eigenvalue weighted by Gasteiger charge is 2.31. The first-order valence-corrected chi connectivity index (χ1v) is 14.7. The van der Waals surface area contributed by atoms with Crippen LogP contribution in [0, 0.1) is 6.92 Å². The molecule has 0 aliphatic rings. The molecule has 5 rings (SSSR count). The van der Waals surface area contributed by atoms with Gasteiger partial charge >= 0.3 is 6.09 Å². The summed E-state index contributed by atoms with van der Waals surface area (Å²) in [7, 11) is 0. The number of anilines is 3. The molecule has 0 fully saturated rings. The summed E-state index contributed by atoms with van der Waals surface area (Å²) < 4.78 is 12.6. The maximum Gasteiger partial charge on any atom is 0.412 e. The number of aromatic hydroxyl groups is 1. The molecule has 5 N–H and O–H groups in total. The fourth-order valence-corrected chi connectivity index (χ4v) is 4.98. The lowest BCUT2D eigenvalue weighted by molar-refractivity contribution is -0.111. The van der Waals surface area contributed by atoms with Crippen LogP contribution in [0.5, 0.6) is 11.5 Å². The molecule has 0 saturated heterocycles. The molecule has 0 unspecified atom stereocenters. The van der Waals surface area contributed by atoms with E-state index in [1.165, 1.54) is 6.08 Å². The van der Waals surface area contributed by atoms with Gasteiger partial charge in [-0.25, -0.2) is 4.79 Å². The van der Waals surface area contributed by atoms with Gasteiger partial charge in [0, 0.05) is 16.6 Å². The Hall–Kier alpha value is -5.76. The number of phenolic OH excluding ortho intramolecular Hbond substituents is 1. The van der Waals surface area contributed by atoms with Crippen molar-refractivity contribution in [1.29, 1.82) is 0 Å². The molecule has 0 aromatic heterocycles. The van der Waals surface area contributed by atoms with Crippen molar-refractivity contribution in [3.05, 3.63) is 139 Å². The van der Waals surface area contributed by atoms with Crippen LogP contribution in [0.1, 0.15) is 30.1 Å². The normalized spacial score (nSPS) is 12.4. The molecule has 228 valence electrons. The monoisotopic (exact) mass is 601 g/mol. The molecule has 2 amide bonds. The molecule has 5 aromatic rings. The van der Waals surface area contributed by atoms with Crippen molar-refractivity contribution < 1.29 is 24.2 Å². The minimum atomic E-state index is -0.882. The highest BCUT2D eigenvalue weighted by atomic mass is 16.6. The number of carbonyl (C=O) groups is 2. The number of allylic oxidation sites excluding steroid dienone is 1. The second-order valence-electron chi connectivity index (χ2n) is 10.6. The SMILES string of the molecule is Cc1ccc(NC(=O)O[C@@H](c2ccc(O)c3ccccc23)[C@H](CC/C=C/C(=O)Nc2ccccc2N)Oc2ccccc2)cc1. The number of hydrogen-bond acceptors (Lipinski definition) is 6. The van der Waals surface area contributed by atoms with Crippen molar-refractivity contribution in [2.24, 2.45) is 0 Å². The van der Waals surface area contributed by atoms with Crippen LogP contribution in [-0.2, 0) is 9.53 Å². The van der Waals surface area contributed by atoms with Crippen molar-refractivity contribution in [3.8, 4) is 11.5 Å². The van der Waals surface area contributed by atoms with E-state index in [2.05, 4.69) is 10.6 Å². The molecule has 0 bridgehead atoms. The molecule has 45 heavy (non-hydrogen) atoms. The van der Waals surface area contributed by atoms with Crippen LogP contribution in [0.15, 0.2) is 127 Å². The average molecular weight is 602 g/mol. The van der Waals surface area contributed by atoms with Gasteiger partial charge in [0.2, 0.25) is 5.91 Å². The number of fused-ring (bicyclic) bond motifs is 1. The van der Waals surface area contributed by atoms with E-state index in [1.807, 2.05) is 73.7 Å². The molecule has 0 aliphatic carbocycles. The second-order valence-corrected chi connectivity index (χ2v) is 10.6. The zero-order valence-electron chi connectivity index (χ0n) is 24.9. The highest BCUT2D eigenvalue weighted by molar-refractivity contribution is 6.01. The van der Waals surface area contributed by atoms with Gasteiger partial charge in [0.25, 0.3) is 0 Å². The van der Waals surface area contributed by atoms with Crippen LogP contribution in [0.2, 0.25) is 0 Å². The number of nitrogens with one attached hydrogen (secondary N) is 2. The topological polar surface area (TPSA) is 123 Å². The summed E-state index contributed by atoms with van der Waals surface area (Å²) in [6.45, 7) is 1.97. The fraction of sp³-hybridized carbons (Fsp3) is 0.135. The van der Waals surface area contributed by atoms with Gasteiger partial charge in [0.05, 0.1) is 11.4 Å². The van der Waals surface area contributed by atoms with Crippen LogP contribution in [0.25, 0.3) is 10.8 Å². The van der Waals surface area contributed by atoms with Gasteiger partial charge in [-0.15, -0.1) is 0 Å². The van der Waals surface area contributed by atoms with Gasteiger partial charge in [0.1, 0.15) is 17.6 Å². The van der Waals surface area contributed by atoms with Crippen molar-refractivity contribution >= 4 is 39.8 Å². The lowest BCUT2D eigenvalue weighted by Crippen LogP contribution is -2.31. The molecule has 0 heterocycles. The third-order valence-corrected chi connectivity index (χ3v) is 7.25. The van der Waals surface area contributed by atoms with Crippen molar-refractivity contribution in [3.63, 3.8) is 0 Å². The predicted octanol–water partition coefficient (Wildman–Crippen LogP) is 8.15. The highest BCUT2D eigenvalue weighted by Crippen LogP contribution is 2.36. The van der Waals surface area contributed by atoms with Gasteiger partial charge in [-0.2, -0.15) is 0 Å². The number of para-hydroxylation sites is 3. The maximum atomic E-state index is 13.3. The largest absolute Gasteiger partial charge is 0.507 e. The van der Waals surface area contributed by atoms with Crippen LogP contribution in [0.3, 0.4) is 0 Å². The van der Waals surface area contributed by atoms with E-state index < -0.39 is 18.3 Å². The first kappa shape index (κ1) is 30.7. The van der Waals surface area contributed by atoms with Crippen molar-refractivity contribution in [2.45, 2.75) is 32.0 Å². The summed E-state index contributed by atoms with van der Waals surface area (Å²) in [5.41, 5.74) is 9.28. The van der Waals surface area contributed by atoms with E-state index in [9.17, 15) is 14.7 Å². The van der Waals surface area contributed by atoms with Gasteiger partial charge in [0.15, 0.2) is 6.10 Å². The second kappa shape index (κ2) is 14.6. The molecule has 0 spiro atoms. The standard InChI is InChI=1S/C37H35N3O5/c1-25-19-21-26(22-20-25)39-37(43)45-36(30-23-24-33(41)29-14-6-5-13-28(29)30)34(44-27-11-3-2-4-12-27)17-9-10-18-35(42)40-32-16-8-7-15-31(32)38/h2-8,10-16,18-24,34,36,41H,9,17,38H2,1H3,(H,39,43)(H,40,42)/b18-10+/t34-,36-/m0/s1. The van der Waals surface area contributed by atoms with E-state index in [0.717, 1.165) is 10.9 Å². The minimum Gasteiger partial charge on any atom is -0.507 e. The number of rotatable bonds is 11. The number of aryl methyl sites for hydroxylation is 1. The lowest BCUT2D eigenvalue weighted by Gasteiger charge is -2.29. The van der Waals surface area contributed by atoms with Crippen molar-refractivity contribution in [1.82, 2.24) is 0 Å². The summed E-state index contributed by atoms with van der Waals surface area (Å²) in [4.78, 5) is 25.9. The molecule has 8 nitrogen and oxygen atoms in total. The zero-order chi connectivity index (χ0) is 31.6. The molecule has 8 heteroatoms. The van der Waals surface area contributed by atoms with E-state index in [-0.39, 0.29) is 11.7 Å². The Morgan fingerprint density at radius 2 is 1.51 bits per heavy atom. The first-order valence-electron chi connectivity index (χ1n) is 14.7. The van der Waals surface area contributed by atoms with E-state index in [0.29, 0.717) is 46.6 Å². The van der Waals surface area contributed by atoms with Crippen LogP contribution in [-0.4, -0.2) is 23.2 Å². The molecule has 0 radical (unpaired) electrons. The van der Waals surface area contributed by atoms with Gasteiger partial charge in [-0.3, -0.25) is 10.1 Å². The summed E-state index contributed by atoms with van der Waals surface area (Å²) >= 11 is 0. The molecule has 5 aromatic carbocycles.